The monoisotopic (exact) mass is 345 g/mol. The number of anilines is 1. The topological polar surface area (TPSA) is 57.6 Å². The number of ether oxygens (including phenoxy) is 1. The van der Waals surface area contributed by atoms with E-state index in [-0.39, 0.29) is 12.4 Å². The normalized spacial score (nSPS) is 16.6. The van der Waals surface area contributed by atoms with Gasteiger partial charge in [0.15, 0.2) is 0 Å². The van der Waals surface area contributed by atoms with Gasteiger partial charge in [-0.25, -0.2) is 9.37 Å². The summed E-state index contributed by atoms with van der Waals surface area (Å²) in [5.41, 5.74) is 0. The first kappa shape index (κ1) is 17.6. The highest BCUT2D eigenvalue weighted by Gasteiger charge is 2.20. The molecule has 1 fully saturated rings. The smallest absolute Gasteiger partial charge is 0.128 e. The first-order valence-electron chi connectivity index (χ1n) is 8.66. The first-order chi connectivity index (χ1) is 12.2. The molecule has 2 aromatic rings. The molecule has 5 nitrogen and oxygen atoms in total. The molecule has 0 aliphatic carbocycles. The molecule has 1 saturated heterocycles. The lowest BCUT2D eigenvalue weighted by atomic mass is 10.0. The number of hydrogen-bond acceptors (Lipinski definition) is 5. The van der Waals surface area contributed by atoms with Crippen LogP contribution in [0.15, 0.2) is 48.7 Å². The molecule has 0 bridgehead atoms. The van der Waals surface area contributed by atoms with E-state index in [0.717, 1.165) is 31.7 Å². The van der Waals surface area contributed by atoms with E-state index >= 15 is 0 Å². The van der Waals surface area contributed by atoms with E-state index in [1.54, 1.807) is 12.1 Å². The van der Waals surface area contributed by atoms with E-state index in [2.05, 4.69) is 15.2 Å². The van der Waals surface area contributed by atoms with Gasteiger partial charge < -0.3 is 20.1 Å². The molecule has 1 aliphatic rings. The summed E-state index contributed by atoms with van der Waals surface area (Å²) in [4.78, 5) is 6.67. The fraction of sp³-hybridized carbons (Fsp3) is 0.421. The second-order valence-corrected chi connectivity index (χ2v) is 6.28. The van der Waals surface area contributed by atoms with E-state index < -0.39 is 6.10 Å². The average molecular weight is 345 g/mol. The summed E-state index contributed by atoms with van der Waals surface area (Å²) in [7, 11) is 0. The lowest BCUT2D eigenvalue weighted by molar-refractivity contribution is 0.102. The van der Waals surface area contributed by atoms with Crippen LogP contribution in [0.25, 0.3) is 0 Å². The molecule has 25 heavy (non-hydrogen) atoms. The zero-order valence-corrected chi connectivity index (χ0v) is 14.1. The first-order valence-corrected chi connectivity index (χ1v) is 8.66. The van der Waals surface area contributed by atoms with Crippen molar-refractivity contribution < 1.29 is 14.2 Å². The van der Waals surface area contributed by atoms with Crippen LogP contribution in [0.5, 0.6) is 5.75 Å². The van der Waals surface area contributed by atoms with Gasteiger partial charge in [-0.3, -0.25) is 0 Å². The number of hydrogen-bond donors (Lipinski definition) is 2. The number of aliphatic hydroxyl groups is 1. The maximum absolute atomic E-state index is 12.8. The molecule has 1 aromatic heterocycles. The predicted molar refractivity (Wildman–Crippen MR) is 95.4 cm³/mol. The SMILES string of the molecule is OC(CNC1CCN(c2ccccn2)CC1)COc1ccc(F)cc1. The quantitative estimate of drug-likeness (QED) is 0.806. The standard InChI is InChI=1S/C19H24FN3O2/c20-15-4-6-18(7-5-15)25-14-17(24)13-22-16-8-11-23(12-9-16)19-3-1-2-10-21-19/h1-7,10,16-17,22,24H,8-9,11-14H2. The van der Waals surface area contributed by atoms with E-state index in [9.17, 15) is 9.50 Å². The Labute approximate surface area is 147 Å². The highest BCUT2D eigenvalue weighted by atomic mass is 19.1. The van der Waals surface area contributed by atoms with Crippen LogP contribution in [0.4, 0.5) is 10.2 Å². The number of piperidine rings is 1. The lowest BCUT2D eigenvalue weighted by Crippen LogP contribution is -2.45. The summed E-state index contributed by atoms with van der Waals surface area (Å²) < 4.78 is 18.3. The molecule has 1 unspecified atom stereocenters. The van der Waals surface area contributed by atoms with Crippen LogP contribution < -0.4 is 15.0 Å². The highest BCUT2D eigenvalue weighted by Crippen LogP contribution is 2.17. The molecule has 1 aromatic carbocycles. The minimum Gasteiger partial charge on any atom is -0.491 e. The van der Waals surface area contributed by atoms with Gasteiger partial charge in [0.05, 0.1) is 0 Å². The fourth-order valence-electron chi connectivity index (χ4n) is 2.94. The molecule has 134 valence electrons. The second kappa shape index (κ2) is 8.78. The molecule has 0 spiro atoms. The summed E-state index contributed by atoms with van der Waals surface area (Å²) in [6.07, 6.45) is 3.25. The van der Waals surface area contributed by atoms with Gasteiger partial charge in [-0.05, 0) is 49.2 Å². The molecule has 0 saturated carbocycles. The summed E-state index contributed by atoms with van der Waals surface area (Å²) in [6, 6.07) is 12.2. The van der Waals surface area contributed by atoms with E-state index in [1.807, 2.05) is 24.4 Å². The molecule has 1 atom stereocenters. The van der Waals surface area contributed by atoms with Crippen molar-refractivity contribution in [3.8, 4) is 5.75 Å². The molecule has 3 rings (SSSR count). The second-order valence-electron chi connectivity index (χ2n) is 6.28. The van der Waals surface area contributed by atoms with Gasteiger partial charge in [-0.15, -0.1) is 0 Å². The Balaban J connectivity index is 1.34. The van der Waals surface area contributed by atoms with Crippen molar-refractivity contribution in [3.63, 3.8) is 0 Å². The number of halogens is 1. The Morgan fingerprint density at radius 2 is 1.96 bits per heavy atom. The molecular weight excluding hydrogens is 321 g/mol. The Bertz CT molecular complexity index is 631. The fourth-order valence-corrected chi connectivity index (χ4v) is 2.94. The number of nitrogens with one attached hydrogen (secondary N) is 1. The van der Waals surface area contributed by atoms with Gasteiger partial charge in [0.1, 0.15) is 30.1 Å². The number of aliphatic hydroxyl groups excluding tert-OH is 1. The summed E-state index contributed by atoms with van der Waals surface area (Å²) >= 11 is 0. The highest BCUT2D eigenvalue weighted by molar-refractivity contribution is 5.38. The third-order valence-corrected chi connectivity index (χ3v) is 4.37. The van der Waals surface area contributed by atoms with Crippen LogP contribution in [0, 0.1) is 5.82 Å². The number of benzene rings is 1. The molecular formula is C19H24FN3O2. The summed E-state index contributed by atoms with van der Waals surface area (Å²) in [5, 5.41) is 13.4. The Kier molecular flexibility index (Phi) is 6.19. The third-order valence-electron chi connectivity index (χ3n) is 4.37. The Morgan fingerprint density at radius 1 is 1.20 bits per heavy atom. The predicted octanol–water partition coefficient (Wildman–Crippen LogP) is 2.22. The molecule has 6 heteroatoms. The van der Waals surface area contributed by atoms with Gasteiger partial charge in [-0.1, -0.05) is 6.07 Å². The summed E-state index contributed by atoms with van der Waals surface area (Å²) in [5.74, 6) is 1.28. The minimum absolute atomic E-state index is 0.186. The van der Waals surface area contributed by atoms with Gasteiger partial charge in [0.2, 0.25) is 0 Å². The Morgan fingerprint density at radius 3 is 2.64 bits per heavy atom. The van der Waals surface area contributed by atoms with Crippen LogP contribution in [-0.2, 0) is 0 Å². The van der Waals surface area contributed by atoms with Crippen molar-refractivity contribution in [2.24, 2.45) is 0 Å². The zero-order chi connectivity index (χ0) is 17.5. The van der Waals surface area contributed by atoms with Gasteiger partial charge in [0.25, 0.3) is 0 Å². The van der Waals surface area contributed by atoms with Gasteiger partial charge in [-0.2, -0.15) is 0 Å². The summed E-state index contributed by atoms with van der Waals surface area (Å²) in [6.45, 7) is 2.58. The number of pyridine rings is 1. The lowest BCUT2D eigenvalue weighted by Gasteiger charge is -2.33. The van der Waals surface area contributed by atoms with Crippen LogP contribution in [0.1, 0.15) is 12.8 Å². The van der Waals surface area contributed by atoms with Crippen LogP contribution in [-0.4, -0.2) is 48.5 Å². The van der Waals surface area contributed by atoms with Crippen molar-refractivity contribution in [1.82, 2.24) is 10.3 Å². The third kappa shape index (κ3) is 5.41. The Hall–Kier alpha value is -2.18. The molecule has 0 amide bonds. The molecule has 1 aliphatic heterocycles. The van der Waals surface area contributed by atoms with E-state index in [1.165, 1.54) is 12.1 Å². The van der Waals surface area contributed by atoms with Crippen LogP contribution >= 0.6 is 0 Å². The van der Waals surface area contributed by atoms with E-state index in [0.29, 0.717) is 18.3 Å². The van der Waals surface area contributed by atoms with Crippen LogP contribution in [0.2, 0.25) is 0 Å². The average Bonchev–Trinajstić information content (AvgIpc) is 2.67. The van der Waals surface area contributed by atoms with Crippen molar-refractivity contribution >= 4 is 5.82 Å². The maximum Gasteiger partial charge on any atom is 0.128 e. The van der Waals surface area contributed by atoms with Gasteiger partial charge in [0, 0.05) is 31.9 Å². The molecule has 2 N–H and O–H groups in total. The zero-order valence-electron chi connectivity index (χ0n) is 14.1. The van der Waals surface area contributed by atoms with Crippen molar-refractivity contribution in [2.75, 3.05) is 31.1 Å². The maximum atomic E-state index is 12.8. The molecule has 0 radical (unpaired) electrons. The van der Waals surface area contributed by atoms with Crippen molar-refractivity contribution in [1.29, 1.82) is 0 Å². The number of rotatable bonds is 7. The van der Waals surface area contributed by atoms with Crippen molar-refractivity contribution in [3.05, 3.63) is 54.5 Å². The molecule has 2 heterocycles. The largest absolute Gasteiger partial charge is 0.491 e. The van der Waals surface area contributed by atoms with E-state index in [4.69, 9.17) is 4.74 Å². The minimum atomic E-state index is -0.598. The van der Waals surface area contributed by atoms with Crippen molar-refractivity contribution in [2.45, 2.75) is 25.0 Å². The number of nitrogens with zero attached hydrogens (tertiary/aromatic N) is 2. The van der Waals surface area contributed by atoms with Crippen LogP contribution in [0.3, 0.4) is 0 Å². The van der Waals surface area contributed by atoms with Gasteiger partial charge >= 0.3 is 0 Å². The number of aromatic nitrogens is 1.